The first-order valence-electron chi connectivity index (χ1n) is 6.34. The Morgan fingerprint density at radius 1 is 1.38 bits per heavy atom. The standard InChI is InChI=1S/C13H24ClNO/c1-2-12-5-7-13(16,8-6-12)11-15-10-4-3-9-14/h3-4,12,15-16H,2,5-11H2,1H3/b4-3+. The van der Waals surface area contributed by atoms with Crippen LogP contribution in [0.1, 0.15) is 39.0 Å². The molecule has 0 bridgehead atoms. The summed E-state index contributed by atoms with van der Waals surface area (Å²) >= 11 is 5.52. The lowest BCUT2D eigenvalue weighted by atomic mass is 9.78. The molecule has 0 heterocycles. The zero-order valence-electron chi connectivity index (χ0n) is 10.2. The van der Waals surface area contributed by atoms with Crippen LogP contribution in [0.4, 0.5) is 0 Å². The lowest BCUT2D eigenvalue weighted by Gasteiger charge is -2.35. The van der Waals surface area contributed by atoms with Gasteiger partial charge in [0.25, 0.3) is 0 Å². The molecule has 0 radical (unpaired) electrons. The van der Waals surface area contributed by atoms with E-state index in [1.54, 1.807) is 0 Å². The monoisotopic (exact) mass is 245 g/mol. The van der Waals surface area contributed by atoms with Crippen LogP contribution in [0.3, 0.4) is 0 Å². The Labute approximate surface area is 104 Å². The highest BCUT2D eigenvalue weighted by atomic mass is 35.5. The third kappa shape index (κ3) is 4.86. The van der Waals surface area contributed by atoms with Gasteiger partial charge in [-0.1, -0.05) is 25.5 Å². The van der Waals surface area contributed by atoms with Gasteiger partial charge in [0.2, 0.25) is 0 Å². The van der Waals surface area contributed by atoms with E-state index < -0.39 is 5.60 Å². The van der Waals surface area contributed by atoms with Crippen molar-refractivity contribution in [3.05, 3.63) is 12.2 Å². The number of halogens is 1. The van der Waals surface area contributed by atoms with Gasteiger partial charge in [-0.3, -0.25) is 0 Å². The van der Waals surface area contributed by atoms with Gasteiger partial charge < -0.3 is 10.4 Å². The molecule has 1 fully saturated rings. The quantitative estimate of drug-likeness (QED) is 0.429. The maximum Gasteiger partial charge on any atom is 0.0771 e. The summed E-state index contributed by atoms with van der Waals surface area (Å²) in [6.45, 7) is 3.74. The van der Waals surface area contributed by atoms with E-state index in [2.05, 4.69) is 12.2 Å². The van der Waals surface area contributed by atoms with Crippen LogP contribution < -0.4 is 5.32 Å². The molecule has 2 N–H and O–H groups in total. The van der Waals surface area contributed by atoms with Crippen LogP contribution >= 0.6 is 11.6 Å². The summed E-state index contributed by atoms with van der Waals surface area (Å²) < 4.78 is 0. The molecule has 0 aromatic carbocycles. The summed E-state index contributed by atoms with van der Waals surface area (Å²) in [6, 6.07) is 0. The van der Waals surface area contributed by atoms with Crippen molar-refractivity contribution in [3.8, 4) is 0 Å². The summed E-state index contributed by atoms with van der Waals surface area (Å²) in [4.78, 5) is 0. The third-order valence-electron chi connectivity index (χ3n) is 3.59. The molecule has 94 valence electrons. The lowest BCUT2D eigenvalue weighted by molar-refractivity contribution is -0.00783. The van der Waals surface area contributed by atoms with Crippen LogP contribution in [0.5, 0.6) is 0 Å². The molecular formula is C13H24ClNO. The first-order valence-corrected chi connectivity index (χ1v) is 6.87. The fourth-order valence-corrected chi connectivity index (χ4v) is 2.46. The van der Waals surface area contributed by atoms with Crippen molar-refractivity contribution in [1.82, 2.24) is 5.32 Å². The van der Waals surface area contributed by atoms with Crippen molar-refractivity contribution in [3.63, 3.8) is 0 Å². The van der Waals surface area contributed by atoms with Crippen molar-refractivity contribution in [2.24, 2.45) is 5.92 Å². The zero-order valence-corrected chi connectivity index (χ0v) is 11.0. The summed E-state index contributed by atoms with van der Waals surface area (Å²) in [6.07, 6.45) is 9.41. The van der Waals surface area contributed by atoms with Crippen LogP contribution in [0, 0.1) is 5.92 Å². The van der Waals surface area contributed by atoms with E-state index in [9.17, 15) is 5.11 Å². The molecule has 3 heteroatoms. The van der Waals surface area contributed by atoms with E-state index in [0.717, 1.165) is 25.3 Å². The molecule has 0 atom stereocenters. The van der Waals surface area contributed by atoms with Gasteiger partial charge in [-0.05, 0) is 31.6 Å². The summed E-state index contributed by atoms with van der Waals surface area (Å²) in [5.41, 5.74) is -0.472. The molecule has 0 aromatic heterocycles. The average molecular weight is 246 g/mol. The number of alkyl halides is 1. The molecule has 1 aliphatic carbocycles. The van der Waals surface area contributed by atoms with E-state index in [4.69, 9.17) is 11.6 Å². The Bertz CT molecular complexity index is 210. The Hall–Kier alpha value is -0.0500. The van der Waals surface area contributed by atoms with Crippen LogP contribution in [-0.2, 0) is 0 Å². The van der Waals surface area contributed by atoms with Gasteiger partial charge in [0.05, 0.1) is 5.60 Å². The molecule has 0 saturated heterocycles. The smallest absolute Gasteiger partial charge is 0.0771 e. The predicted octanol–water partition coefficient (Wildman–Crippen LogP) is 2.70. The first kappa shape index (κ1) is 14.0. The second-order valence-electron chi connectivity index (χ2n) is 4.83. The van der Waals surface area contributed by atoms with Crippen molar-refractivity contribution in [1.29, 1.82) is 0 Å². The highest BCUT2D eigenvalue weighted by Crippen LogP contribution is 2.33. The first-order chi connectivity index (χ1) is 7.70. The minimum Gasteiger partial charge on any atom is -0.389 e. The minimum absolute atomic E-state index is 0.472. The van der Waals surface area contributed by atoms with Crippen molar-refractivity contribution in [2.75, 3.05) is 19.0 Å². The van der Waals surface area contributed by atoms with Crippen LogP contribution in [-0.4, -0.2) is 29.7 Å². The third-order valence-corrected chi connectivity index (χ3v) is 3.76. The van der Waals surface area contributed by atoms with Gasteiger partial charge in [0.15, 0.2) is 0 Å². The van der Waals surface area contributed by atoms with Gasteiger partial charge >= 0.3 is 0 Å². The van der Waals surface area contributed by atoms with Crippen molar-refractivity contribution >= 4 is 11.6 Å². The number of hydrogen-bond acceptors (Lipinski definition) is 2. The number of aliphatic hydroxyl groups is 1. The predicted molar refractivity (Wildman–Crippen MR) is 69.9 cm³/mol. The maximum atomic E-state index is 10.3. The number of rotatable bonds is 6. The second kappa shape index (κ2) is 7.31. The molecule has 1 aliphatic rings. The van der Waals surface area contributed by atoms with E-state index in [-0.39, 0.29) is 0 Å². The van der Waals surface area contributed by atoms with E-state index in [1.807, 2.05) is 12.2 Å². The maximum absolute atomic E-state index is 10.3. The summed E-state index contributed by atoms with van der Waals surface area (Å²) in [7, 11) is 0. The van der Waals surface area contributed by atoms with Gasteiger partial charge in [0, 0.05) is 19.0 Å². The Morgan fingerprint density at radius 3 is 2.62 bits per heavy atom. The molecule has 0 spiro atoms. The van der Waals surface area contributed by atoms with Gasteiger partial charge in [0.1, 0.15) is 0 Å². The van der Waals surface area contributed by atoms with Crippen LogP contribution in [0.15, 0.2) is 12.2 Å². The Kier molecular flexibility index (Phi) is 6.40. The fourth-order valence-electron chi connectivity index (χ4n) is 2.33. The molecule has 1 saturated carbocycles. The topological polar surface area (TPSA) is 32.3 Å². The molecule has 1 rings (SSSR count). The Balaban J connectivity index is 2.18. The van der Waals surface area contributed by atoms with Crippen molar-refractivity contribution in [2.45, 2.75) is 44.6 Å². The highest BCUT2D eigenvalue weighted by molar-refractivity contribution is 6.18. The van der Waals surface area contributed by atoms with Gasteiger partial charge in [-0.25, -0.2) is 0 Å². The molecule has 0 aromatic rings. The SMILES string of the molecule is CCC1CCC(O)(CNC/C=C/CCl)CC1. The molecule has 0 amide bonds. The number of allylic oxidation sites excluding steroid dienone is 1. The van der Waals surface area contributed by atoms with Gasteiger partial charge in [-0.15, -0.1) is 11.6 Å². The lowest BCUT2D eigenvalue weighted by Crippen LogP contribution is -2.43. The normalized spacial score (nSPS) is 31.1. The number of hydrogen-bond donors (Lipinski definition) is 2. The fraction of sp³-hybridized carbons (Fsp3) is 0.846. The number of nitrogens with one attached hydrogen (secondary N) is 1. The van der Waals surface area contributed by atoms with Crippen LogP contribution in [0.2, 0.25) is 0 Å². The van der Waals surface area contributed by atoms with Gasteiger partial charge in [-0.2, -0.15) is 0 Å². The Morgan fingerprint density at radius 2 is 2.06 bits per heavy atom. The largest absolute Gasteiger partial charge is 0.389 e. The molecule has 0 unspecified atom stereocenters. The van der Waals surface area contributed by atoms with E-state index in [1.165, 1.54) is 19.3 Å². The molecular weight excluding hydrogens is 222 g/mol. The van der Waals surface area contributed by atoms with Crippen molar-refractivity contribution < 1.29 is 5.11 Å². The molecule has 2 nitrogen and oxygen atoms in total. The minimum atomic E-state index is -0.472. The molecule has 16 heavy (non-hydrogen) atoms. The van der Waals surface area contributed by atoms with E-state index >= 15 is 0 Å². The second-order valence-corrected chi connectivity index (χ2v) is 5.14. The summed E-state index contributed by atoms with van der Waals surface area (Å²) in [5.74, 6) is 1.39. The van der Waals surface area contributed by atoms with E-state index in [0.29, 0.717) is 12.4 Å². The molecule has 0 aliphatic heterocycles. The zero-order chi connectivity index (χ0) is 11.9. The highest BCUT2D eigenvalue weighted by Gasteiger charge is 2.31. The summed E-state index contributed by atoms with van der Waals surface area (Å²) in [5, 5.41) is 13.6. The van der Waals surface area contributed by atoms with Crippen LogP contribution in [0.25, 0.3) is 0 Å². The average Bonchev–Trinajstić information content (AvgIpc) is 2.30.